The summed E-state index contributed by atoms with van der Waals surface area (Å²) in [5.74, 6) is -1.08. The molecule has 5 nitrogen and oxygen atoms in total. The first-order valence-electron chi connectivity index (χ1n) is 6.49. The fourth-order valence-corrected chi connectivity index (χ4v) is 2.31. The zero-order valence-electron chi connectivity index (χ0n) is 11.4. The van der Waals surface area contributed by atoms with Gasteiger partial charge in [-0.3, -0.25) is 4.79 Å². The second kappa shape index (κ2) is 6.07. The van der Waals surface area contributed by atoms with E-state index in [-0.39, 0.29) is 11.8 Å². The number of hydrogen-bond donors (Lipinski definition) is 2. The van der Waals surface area contributed by atoms with Crippen LogP contribution >= 0.6 is 0 Å². The molecule has 5 heteroatoms. The minimum atomic E-state index is -0.759. The van der Waals surface area contributed by atoms with Crippen LogP contribution < -0.4 is 5.32 Å². The highest BCUT2D eigenvalue weighted by Gasteiger charge is 2.31. The monoisotopic (exact) mass is 257 g/mol. The Bertz CT molecular complexity index is 309. The van der Waals surface area contributed by atoms with E-state index >= 15 is 0 Å². The first-order chi connectivity index (χ1) is 8.29. The van der Waals surface area contributed by atoms with Crippen LogP contribution in [0, 0.1) is 11.8 Å². The van der Waals surface area contributed by atoms with Crippen molar-refractivity contribution in [2.45, 2.75) is 52.1 Å². The zero-order valence-corrected chi connectivity index (χ0v) is 11.4. The lowest BCUT2D eigenvalue weighted by atomic mass is 9.79. The van der Waals surface area contributed by atoms with Gasteiger partial charge in [0, 0.05) is 6.54 Å². The first-order valence-corrected chi connectivity index (χ1v) is 6.49. The topological polar surface area (TPSA) is 75.6 Å². The second-order valence-electron chi connectivity index (χ2n) is 5.87. The van der Waals surface area contributed by atoms with Gasteiger partial charge in [-0.2, -0.15) is 0 Å². The minimum absolute atomic E-state index is 0.0174. The second-order valence-corrected chi connectivity index (χ2v) is 5.87. The summed E-state index contributed by atoms with van der Waals surface area (Å²) >= 11 is 0. The van der Waals surface area contributed by atoms with Gasteiger partial charge in [-0.05, 0) is 39.5 Å². The third-order valence-electron chi connectivity index (χ3n) is 3.13. The van der Waals surface area contributed by atoms with Crippen LogP contribution in [0.25, 0.3) is 0 Å². The minimum Gasteiger partial charge on any atom is -0.481 e. The number of nitrogens with one attached hydrogen (secondary N) is 1. The van der Waals surface area contributed by atoms with Crippen LogP contribution in [0.4, 0.5) is 4.79 Å². The molecule has 0 aromatic rings. The molecule has 1 aliphatic carbocycles. The molecule has 2 N–H and O–H groups in total. The molecule has 0 aromatic heterocycles. The van der Waals surface area contributed by atoms with Gasteiger partial charge in [0.25, 0.3) is 0 Å². The smallest absolute Gasteiger partial charge is 0.407 e. The van der Waals surface area contributed by atoms with Gasteiger partial charge >= 0.3 is 12.1 Å². The van der Waals surface area contributed by atoms with E-state index in [4.69, 9.17) is 9.84 Å². The van der Waals surface area contributed by atoms with Crippen molar-refractivity contribution in [1.29, 1.82) is 0 Å². The number of carbonyl (C=O) groups excluding carboxylic acids is 1. The molecule has 0 aromatic carbocycles. The predicted octanol–water partition coefficient (Wildman–Crippen LogP) is 2.40. The van der Waals surface area contributed by atoms with Crippen LogP contribution in [-0.2, 0) is 9.53 Å². The normalized spacial score (nSPS) is 24.4. The lowest BCUT2D eigenvalue weighted by molar-refractivity contribution is -0.144. The highest BCUT2D eigenvalue weighted by Crippen LogP contribution is 2.29. The molecule has 1 amide bonds. The number of carbonyl (C=O) groups is 2. The van der Waals surface area contributed by atoms with E-state index in [9.17, 15) is 9.59 Å². The average molecular weight is 257 g/mol. The molecule has 0 heterocycles. The van der Waals surface area contributed by atoms with E-state index in [2.05, 4.69) is 5.32 Å². The highest BCUT2D eigenvalue weighted by molar-refractivity contribution is 5.71. The van der Waals surface area contributed by atoms with Gasteiger partial charge in [0.2, 0.25) is 0 Å². The van der Waals surface area contributed by atoms with Gasteiger partial charge in [0.1, 0.15) is 5.60 Å². The van der Waals surface area contributed by atoms with Gasteiger partial charge < -0.3 is 15.2 Å². The SMILES string of the molecule is CC(C)(C)OC(=O)NC[C@@H]1CCCC[C@@H]1C(=O)O. The van der Waals surface area contributed by atoms with Crippen LogP contribution in [0.1, 0.15) is 46.5 Å². The van der Waals surface area contributed by atoms with Gasteiger partial charge in [0.15, 0.2) is 0 Å². The summed E-state index contributed by atoms with van der Waals surface area (Å²) in [7, 11) is 0. The molecule has 1 saturated carbocycles. The molecule has 0 radical (unpaired) electrons. The zero-order chi connectivity index (χ0) is 13.8. The maximum absolute atomic E-state index is 11.5. The maximum Gasteiger partial charge on any atom is 0.407 e. The molecule has 18 heavy (non-hydrogen) atoms. The van der Waals surface area contributed by atoms with Crippen LogP contribution in [0.15, 0.2) is 0 Å². The van der Waals surface area contributed by atoms with Crippen molar-refractivity contribution < 1.29 is 19.4 Å². The van der Waals surface area contributed by atoms with E-state index in [0.717, 1.165) is 19.3 Å². The fourth-order valence-electron chi connectivity index (χ4n) is 2.31. The molecular formula is C13H23NO4. The molecule has 0 unspecified atom stereocenters. The third kappa shape index (κ3) is 4.94. The molecule has 0 aliphatic heterocycles. The molecule has 0 saturated heterocycles. The van der Waals surface area contributed by atoms with Crippen LogP contribution in [0.2, 0.25) is 0 Å². The van der Waals surface area contributed by atoms with E-state index < -0.39 is 17.7 Å². The van der Waals surface area contributed by atoms with Gasteiger partial charge in [0.05, 0.1) is 5.92 Å². The molecule has 2 atom stereocenters. The van der Waals surface area contributed by atoms with Crippen molar-refractivity contribution in [2.75, 3.05) is 6.54 Å². The van der Waals surface area contributed by atoms with Crippen LogP contribution in [-0.4, -0.2) is 29.3 Å². The molecule has 1 aliphatic rings. The number of hydrogen-bond acceptors (Lipinski definition) is 3. The Balaban J connectivity index is 2.41. The van der Waals surface area contributed by atoms with Crippen molar-refractivity contribution in [3.8, 4) is 0 Å². The van der Waals surface area contributed by atoms with Crippen molar-refractivity contribution in [2.24, 2.45) is 11.8 Å². The Morgan fingerprint density at radius 3 is 2.44 bits per heavy atom. The summed E-state index contributed by atoms with van der Waals surface area (Å²) in [6, 6.07) is 0. The van der Waals surface area contributed by atoms with E-state index in [1.165, 1.54) is 0 Å². The highest BCUT2D eigenvalue weighted by atomic mass is 16.6. The maximum atomic E-state index is 11.5. The Hall–Kier alpha value is -1.26. The summed E-state index contributed by atoms with van der Waals surface area (Å²) in [5.41, 5.74) is -0.525. The van der Waals surface area contributed by atoms with E-state index in [0.29, 0.717) is 13.0 Å². The summed E-state index contributed by atoms with van der Waals surface area (Å²) in [5, 5.41) is 11.8. The van der Waals surface area contributed by atoms with E-state index in [1.54, 1.807) is 20.8 Å². The quantitative estimate of drug-likeness (QED) is 0.814. The summed E-state index contributed by atoms with van der Waals surface area (Å²) < 4.78 is 5.13. The molecule has 104 valence electrons. The first kappa shape index (κ1) is 14.8. The number of aliphatic carboxylic acids is 1. The number of amides is 1. The van der Waals surface area contributed by atoms with E-state index in [1.807, 2.05) is 0 Å². The standard InChI is InChI=1S/C13H23NO4/c1-13(2,3)18-12(17)14-8-9-6-4-5-7-10(9)11(15)16/h9-10H,4-8H2,1-3H3,(H,14,17)(H,15,16)/t9-,10-/m0/s1. The number of carboxylic acid groups (broad SMARTS) is 1. The number of ether oxygens (including phenoxy) is 1. The van der Waals surface area contributed by atoms with Gasteiger partial charge in [-0.1, -0.05) is 12.8 Å². The lowest BCUT2D eigenvalue weighted by Crippen LogP contribution is -2.39. The largest absolute Gasteiger partial charge is 0.481 e. The lowest BCUT2D eigenvalue weighted by Gasteiger charge is -2.29. The third-order valence-corrected chi connectivity index (χ3v) is 3.13. The number of rotatable bonds is 3. The fraction of sp³-hybridized carbons (Fsp3) is 0.846. The predicted molar refractivity (Wildman–Crippen MR) is 67.3 cm³/mol. The number of carboxylic acids is 1. The summed E-state index contributed by atoms with van der Waals surface area (Å²) in [6.07, 6.45) is 3.07. The van der Waals surface area contributed by atoms with Crippen molar-refractivity contribution >= 4 is 12.1 Å². The molecular weight excluding hydrogens is 234 g/mol. The van der Waals surface area contributed by atoms with Crippen LogP contribution in [0.3, 0.4) is 0 Å². The summed E-state index contributed by atoms with van der Waals surface area (Å²) in [6.45, 7) is 5.78. The molecule has 0 bridgehead atoms. The van der Waals surface area contributed by atoms with Gasteiger partial charge in [-0.15, -0.1) is 0 Å². The Labute approximate surface area is 108 Å². The van der Waals surface area contributed by atoms with Crippen molar-refractivity contribution in [3.63, 3.8) is 0 Å². The average Bonchev–Trinajstić information content (AvgIpc) is 2.24. The van der Waals surface area contributed by atoms with Gasteiger partial charge in [-0.25, -0.2) is 4.79 Å². The molecule has 1 rings (SSSR count). The number of alkyl carbamates (subject to hydrolysis) is 1. The van der Waals surface area contributed by atoms with Crippen molar-refractivity contribution in [1.82, 2.24) is 5.32 Å². The molecule has 1 fully saturated rings. The molecule has 0 spiro atoms. The summed E-state index contributed by atoms with van der Waals surface area (Å²) in [4.78, 5) is 22.6. The van der Waals surface area contributed by atoms with Crippen LogP contribution in [0.5, 0.6) is 0 Å². The van der Waals surface area contributed by atoms with Crippen molar-refractivity contribution in [3.05, 3.63) is 0 Å². The Morgan fingerprint density at radius 1 is 1.28 bits per heavy atom. The Morgan fingerprint density at radius 2 is 1.89 bits per heavy atom. The Kier molecular flexibility index (Phi) is 4.99.